The highest BCUT2D eigenvalue weighted by Gasteiger charge is 2.27. The molecule has 0 unspecified atom stereocenters. The number of hydrogen-bond acceptors (Lipinski definition) is 5. The van der Waals surface area contributed by atoms with Gasteiger partial charge in [0.1, 0.15) is 13.2 Å². The zero-order valence-corrected chi connectivity index (χ0v) is 9.56. The van der Waals surface area contributed by atoms with Crippen molar-refractivity contribution in [1.82, 2.24) is 0 Å². The Labute approximate surface area is 97.6 Å². The second kappa shape index (κ2) is 7.08. The third-order valence-corrected chi connectivity index (χ3v) is 1.52. The summed E-state index contributed by atoms with van der Waals surface area (Å²) in [5, 5.41) is 0. The minimum atomic E-state index is -1.08. The molecule has 0 fully saturated rings. The molecule has 0 aliphatic carbocycles. The SMILES string of the molecule is C=C(C)C(=O)OCCOC(=O)C(=[N+]=[N-])C(C)=O. The molecule has 0 rings (SSSR count). The number of rotatable bonds is 6. The van der Waals surface area contributed by atoms with E-state index in [9.17, 15) is 14.4 Å². The van der Waals surface area contributed by atoms with Gasteiger partial charge in [0.2, 0.25) is 5.78 Å². The van der Waals surface area contributed by atoms with Crippen molar-refractivity contribution in [3.8, 4) is 0 Å². The Kier molecular flexibility index (Phi) is 6.13. The molecule has 0 aromatic heterocycles. The van der Waals surface area contributed by atoms with Gasteiger partial charge in [-0.2, -0.15) is 4.79 Å². The van der Waals surface area contributed by atoms with Gasteiger partial charge in [0.25, 0.3) is 0 Å². The van der Waals surface area contributed by atoms with Crippen LogP contribution in [0.1, 0.15) is 13.8 Å². The molecular formula is C10H12N2O5. The largest absolute Gasteiger partial charge is 0.459 e. The van der Waals surface area contributed by atoms with Crippen molar-refractivity contribution in [3.63, 3.8) is 0 Å². The van der Waals surface area contributed by atoms with Gasteiger partial charge in [-0.15, -0.1) is 0 Å². The number of hydrogen-bond donors (Lipinski definition) is 0. The third kappa shape index (κ3) is 5.39. The molecule has 0 atom stereocenters. The normalized spacial score (nSPS) is 8.82. The highest BCUT2D eigenvalue weighted by molar-refractivity contribution is 6.61. The number of esters is 2. The summed E-state index contributed by atoms with van der Waals surface area (Å²) in [5.74, 6) is -2.41. The summed E-state index contributed by atoms with van der Waals surface area (Å²) in [4.78, 5) is 35.3. The minimum absolute atomic E-state index is 0.173. The van der Waals surface area contributed by atoms with Crippen molar-refractivity contribution >= 4 is 23.4 Å². The molecule has 92 valence electrons. The van der Waals surface area contributed by atoms with Crippen LogP contribution in [0.25, 0.3) is 5.53 Å². The first-order valence-corrected chi connectivity index (χ1v) is 4.63. The average molecular weight is 240 g/mol. The Bertz CT molecular complexity index is 407. The first kappa shape index (κ1) is 14.7. The molecular weight excluding hydrogens is 228 g/mol. The third-order valence-electron chi connectivity index (χ3n) is 1.52. The van der Waals surface area contributed by atoms with Crippen LogP contribution in [0, 0.1) is 0 Å². The van der Waals surface area contributed by atoms with Crippen LogP contribution in [0.2, 0.25) is 0 Å². The molecule has 7 heteroatoms. The van der Waals surface area contributed by atoms with Gasteiger partial charge in [0, 0.05) is 12.5 Å². The van der Waals surface area contributed by atoms with Crippen molar-refractivity contribution < 1.29 is 28.6 Å². The molecule has 0 radical (unpaired) electrons. The molecule has 7 nitrogen and oxygen atoms in total. The predicted molar refractivity (Wildman–Crippen MR) is 56.0 cm³/mol. The average Bonchev–Trinajstić information content (AvgIpc) is 2.24. The van der Waals surface area contributed by atoms with Crippen molar-refractivity contribution in [1.29, 1.82) is 0 Å². The van der Waals surface area contributed by atoms with E-state index >= 15 is 0 Å². The number of Topliss-reactive ketones (excluding diaryl/α,β-unsaturated/α-hetero) is 1. The van der Waals surface area contributed by atoms with Gasteiger partial charge in [-0.25, -0.2) is 9.59 Å². The van der Waals surface area contributed by atoms with Gasteiger partial charge in [0.05, 0.1) is 0 Å². The summed E-state index contributed by atoms with van der Waals surface area (Å²) >= 11 is 0. The standard InChI is InChI=1S/C10H12N2O5/c1-6(2)9(14)16-4-5-17-10(15)8(12-11)7(3)13/h1,4-5H2,2-3H3. The van der Waals surface area contributed by atoms with Crippen LogP contribution in [-0.2, 0) is 23.9 Å². The van der Waals surface area contributed by atoms with E-state index in [0.29, 0.717) is 0 Å². The van der Waals surface area contributed by atoms with E-state index in [1.165, 1.54) is 6.92 Å². The van der Waals surface area contributed by atoms with Crippen LogP contribution < -0.4 is 0 Å². The van der Waals surface area contributed by atoms with Crippen molar-refractivity contribution in [2.45, 2.75) is 13.8 Å². The van der Waals surface area contributed by atoms with E-state index in [1.807, 2.05) is 0 Å². The predicted octanol–water partition coefficient (Wildman–Crippen LogP) is -0.0913. The molecule has 0 saturated heterocycles. The Morgan fingerprint density at radius 1 is 1.12 bits per heavy atom. The highest BCUT2D eigenvalue weighted by atomic mass is 16.6. The molecule has 0 aromatic rings. The maximum atomic E-state index is 11.1. The van der Waals surface area contributed by atoms with Crippen LogP contribution in [0.4, 0.5) is 0 Å². The number of ether oxygens (including phenoxy) is 2. The van der Waals surface area contributed by atoms with Gasteiger partial charge in [-0.1, -0.05) is 6.58 Å². The fourth-order valence-electron chi connectivity index (χ4n) is 0.715. The molecule has 0 N–H and O–H groups in total. The van der Waals surface area contributed by atoms with Gasteiger partial charge >= 0.3 is 17.7 Å². The Hall–Kier alpha value is -2.27. The van der Waals surface area contributed by atoms with Crippen molar-refractivity contribution in [3.05, 3.63) is 17.7 Å². The van der Waals surface area contributed by atoms with E-state index in [0.717, 1.165) is 6.92 Å². The number of carbonyl (C=O) groups excluding carboxylic acids is 3. The minimum Gasteiger partial charge on any atom is -0.459 e. The number of nitrogens with zero attached hydrogens (tertiary/aromatic N) is 2. The Morgan fingerprint density at radius 3 is 1.94 bits per heavy atom. The lowest BCUT2D eigenvalue weighted by Crippen LogP contribution is -2.26. The zero-order valence-electron chi connectivity index (χ0n) is 9.56. The van der Waals surface area contributed by atoms with Crippen molar-refractivity contribution in [2.24, 2.45) is 0 Å². The number of ketones is 1. The van der Waals surface area contributed by atoms with Gasteiger partial charge in [-0.05, 0) is 6.92 Å². The van der Waals surface area contributed by atoms with E-state index in [2.05, 4.69) is 20.8 Å². The molecule has 0 bridgehead atoms. The van der Waals surface area contributed by atoms with Crippen molar-refractivity contribution in [2.75, 3.05) is 13.2 Å². The lowest BCUT2D eigenvalue weighted by atomic mass is 10.3. The zero-order chi connectivity index (χ0) is 13.4. The lowest BCUT2D eigenvalue weighted by Gasteiger charge is -2.03. The fourth-order valence-corrected chi connectivity index (χ4v) is 0.715. The molecule has 0 aliphatic rings. The Morgan fingerprint density at radius 2 is 1.59 bits per heavy atom. The van der Waals surface area contributed by atoms with Crippen LogP contribution in [-0.4, -0.2) is 41.4 Å². The van der Waals surface area contributed by atoms with E-state index < -0.39 is 23.4 Å². The summed E-state index contributed by atoms with van der Waals surface area (Å²) in [6.45, 7) is 5.46. The quantitative estimate of drug-likeness (QED) is 0.123. The van der Waals surface area contributed by atoms with Crippen LogP contribution >= 0.6 is 0 Å². The first-order valence-electron chi connectivity index (χ1n) is 4.63. The summed E-state index contributed by atoms with van der Waals surface area (Å²) in [6.07, 6.45) is 0. The Balaban J connectivity index is 4.03. The summed E-state index contributed by atoms with van der Waals surface area (Å²) < 4.78 is 9.15. The van der Waals surface area contributed by atoms with Crippen LogP contribution in [0.3, 0.4) is 0 Å². The molecule has 0 saturated carbocycles. The fraction of sp³-hybridized carbons (Fsp3) is 0.400. The van der Waals surface area contributed by atoms with Gasteiger partial charge in [-0.3, -0.25) is 4.79 Å². The summed E-state index contributed by atoms with van der Waals surface area (Å²) in [5.41, 5.74) is 7.86. The van der Waals surface area contributed by atoms with E-state index in [4.69, 9.17) is 5.53 Å². The molecule has 0 amide bonds. The molecule has 0 spiro atoms. The maximum Gasteiger partial charge on any atom is 0.441 e. The highest BCUT2D eigenvalue weighted by Crippen LogP contribution is 1.92. The second-order valence-electron chi connectivity index (χ2n) is 3.06. The second-order valence-corrected chi connectivity index (χ2v) is 3.06. The van der Waals surface area contributed by atoms with Gasteiger partial charge in [0.15, 0.2) is 0 Å². The topological polar surface area (TPSA) is 106 Å². The van der Waals surface area contributed by atoms with E-state index in [1.54, 1.807) is 0 Å². The molecule has 17 heavy (non-hydrogen) atoms. The summed E-state index contributed by atoms with van der Waals surface area (Å²) in [6, 6.07) is 0. The van der Waals surface area contributed by atoms with Gasteiger partial charge < -0.3 is 15.0 Å². The number of carbonyl (C=O) groups is 3. The first-order chi connectivity index (χ1) is 7.90. The summed E-state index contributed by atoms with van der Waals surface area (Å²) in [7, 11) is 0. The molecule has 0 aliphatic heterocycles. The monoisotopic (exact) mass is 240 g/mol. The maximum absolute atomic E-state index is 11.1. The van der Waals surface area contributed by atoms with Crippen LogP contribution in [0.15, 0.2) is 12.2 Å². The molecule has 0 aromatic carbocycles. The smallest absolute Gasteiger partial charge is 0.441 e. The lowest BCUT2D eigenvalue weighted by molar-refractivity contribution is -0.148. The van der Waals surface area contributed by atoms with Crippen LogP contribution in [0.5, 0.6) is 0 Å². The van der Waals surface area contributed by atoms with E-state index in [-0.39, 0.29) is 18.8 Å². The molecule has 0 heterocycles.